The van der Waals surface area contributed by atoms with Crippen molar-refractivity contribution in [3.63, 3.8) is 0 Å². The van der Waals surface area contributed by atoms with Crippen molar-refractivity contribution >= 4 is 131 Å². The van der Waals surface area contributed by atoms with E-state index in [4.69, 9.17) is 56.4 Å². The van der Waals surface area contributed by atoms with Crippen molar-refractivity contribution < 1.29 is 96.9 Å². The summed E-state index contributed by atoms with van der Waals surface area (Å²) in [6.07, 6.45) is 1.00. The Kier molecular flexibility index (Phi) is 41.6. The molecule has 0 bridgehead atoms. The maximum absolute atomic E-state index is 12.7. The summed E-state index contributed by atoms with van der Waals surface area (Å²) in [5, 5.41) is 160. The minimum absolute atomic E-state index is 0.0000166. The number of phenols is 8. The summed E-state index contributed by atoms with van der Waals surface area (Å²) >= 11 is 3.19. The zero-order valence-electron chi connectivity index (χ0n) is 65.5. The number of nitro benzene ring substituents is 1. The molecule has 0 aliphatic rings. The van der Waals surface area contributed by atoms with Gasteiger partial charge in [0.05, 0.1) is 108 Å². The van der Waals surface area contributed by atoms with Crippen LogP contribution in [-0.2, 0) is 16.4 Å². The molecule has 0 unspecified atom stereocenters. The lowest BCUT2D eigenvalue weighted by Crippen LogP contribution is -2.27. The summed E-state index contributed by atoms with van der Waals surface area (Å²) in [5.41, 5.74) is 2.39. The highest BCUT2D eigenvalue weighted by Crippen LogP contribution is 2.28. The molecule has 0 atom stereocenters. The highest BCUT2D eigenvalue weighted by atomic mass is 79.9. The van der Waals surface area contributed by atoms with Gasteiger partial charge in [0, 0.05) is 28.4 Å². The molecular formula is C78H83BrFN19O20S. The number of hydrogen-bond donors (Lipinski definition) is 24. The van der Waals surface area contributed by atoms with Crippen LogP contribution in [0.4, 0.5) is 15.8 Å². The number of rotatable bonds is 11. The van der Waals surface area contributed by atoms with Crippen molar-refractivity contribution in [2.45, 2.75) is 80.7 Å². The van der Waals surface area contributed by atoms with E-state index in [2.05, 4.69) is 68.2 Å². The van der Waals surface area contributed by atoms with Crippen LogP contribution >= 0.6 is 15.9 Å². The van der Waals surface area contributed by atoms with E-state index in [1.165, 1.54) is 116 Å². The molecule has 0 spiro atoms. The van der Waals surface area contributed by atoms with E-state index in [1.807, 2.05) is 13.8 Å². The van der Waals surface area contributed by atoms with Gasteiger partial charge in [-0.1, -0.05) is 45.3 Å². The van der Waals surface area contributed by atoms with Crippen LogP contribution in [-0.4, -0.2) is 154 Å². The lowest BCUT2D eigenvalue weighted by Gasteiger charge is -2.06. The van der Waals surface area contributed by atoms with Crippen LogP contribution in [0, 0.1) is 86.2 Å². The van der Waals surface area contributed by atoms with E-state index < -0.39 is 67.8 Å². The minimum Gasteiger partial charge on any atom is -0.507 e. The molecule has 8 rings (SSSR count). The molecule has 24 N–H and O–H groups in total. The van der Waals surface area contributed by atoms with Gasteiger partial charge >= 0.3 is 0 Å². The molecule has 0 saturated heterocycles. The Morgan fingerprint density at radius 1 is 0.392 bits per heavy atom. The standard InChI is InChI=1S/C11H11N3O2.C10H9N3O2.C10H12N2O4S.2C10H12N2O2.C9H9BrN2O2.C9H9FN2O2.C9H9N3O4/c1-7(12)14-11(16)9-5-8(6-13-2)3-4-10(9)15;1-6(11)13-10(15)8-5-7(12-2)3-4-9(8)14;1-6(11)12-10(14)8-5-7(17(2,15)16)3-4-9(8)13;2*1-6-3-4-9(13)8(5-6)10(14)12-7(2)11;2*1-5(11)12-9(14)7-4-6(10)2-3-8(7)13;1-5(10)11-9(14)7-4-6(12(15)16)2-3-8(7)13/h3-5,15H,6H2,1H3,(H2,12,14,16);3-5,14H,1H3,(H2,11,13,15);3-5,13H,1-2H3,(H2,11,12,14);2*3-5,13H,1-2H3,(H2,11,12,14);2*2-4,13H,1H3,(H2,11,12,14);2-4,13H,1H3,(H2,10,11,14). The molecule has 0 radical (unpaired) electrons. The number of sulfone groups is 1. The Morgan fingerprint density at radius 3 is 0.983 bits per heavy atom. The number of carbonyl (C=O) groups excluding carboxylic acids is 8. The third-order valence-electron chi connectivity index (χ3n) is 13.6. The maximum atomic E-state index is 12.7. The number of non-ortho nitro benzene ring substituents is 1. The maximum Gasteiger partial charge on any atom is 0.270 e. The number of nitrogens with one attached hydrogen (secondary N) is 16. The quantitative estimate of drug-likeness (QED) is 0.0188. The fourth-order valence-electron chi connectivity index (χ4n) is 8.42. The first kappa shape index (κ1) is 102. The molecule has 0 aromatic heterocycles. The molecule has 120 heavy (non-hydrogen) atoms. The van der Waals surface area contributed by atoms with Gasteiger partial charge in [-0.25, -0.2) is 24.2 Å². The van der Waals surface area contributed by atoms with Crippen molar-refractivity contribution in [1.82, 2.24) is 42.5 Å². The summed E-state index contributed by atoms with van der Waals surface area (Å²) in [6, 6.07) is 32.0. The van der Waals surface area contributed by atoms with Gasteiger partial charge in [0.1, 0.15) is 51.8 Å². The molecule has 0 aliphatic heterocycles. The van der Waals surface area contributed by atoms with E-state index in [-0.39, 0.29) is 160 Å². The third-order valence-corrected chi connectivity index (χ3v) is 15.2. The number of nitro groups is 1. The number of carbonyl (C=O) groups is 8. The number of aromatic hydroxyl groups is 8. The normalized spacial score (nSPS) is 9.66. The minimum atomic E-state index is -3.45. The van der Waals surface area contributed by atoms with Crippen LogP contribution in [0.1, 0.15) is 155 Å². The monoisotopic (exact) mass is 1740 g/mol. The number of aryl methyl sites for hydroxylation is 2. The Bertz CT molecular complexity index is 5250. The average Bonchev–Trinajstić information content (AvgIpc) is 0.820. The molecule has 0 aliphatic carbocycles. The Labute approximate surface area is 693 Å². The van der Waals surface area contributed by atoms with Gasteiger partial charge in [-0.15, -0.1) is 0 Å². The Morgan fingerprint density at radius 2 is 0.658 bits per heavy atom. The lowest BCUT2D eigenvalue weighted by molar-refractivity contribution is -0.384. The topological polar surface area (TPSA) is 671 Å². The fourth-order valence-corrected chi connectivity index (χ4v) is 9.43. The Balaban J connectivity index is 0.000000686. The molecule has 0 fully saturated rings. The van der Waals surface area contributed by atoms with Gasteiger partial charge in [-0.3, -0.25) is 91.7 Å². The van der Waals surface area contributed by atoms with Gasteiger partial charge < -0.3 is 88.2 Å². The first-order chi connectivity index (χ1) is 55.7. The second kappa shape index (κ2) is 48.9. The van der Waals surface area contributed by atoms with Crippen LogP contribution in [0.25, 0.3) is 9.69 Å². The second-order valence-electron chi connectivity index (χ2n) is 24.4. The van der Waals surface area contributed by atoms with Crippen LogP contribution in [0.2, 0.25) is 0 Å². The van der Waals surface area contributed by atoms with Gasteiger partial charge in [-0.2, -0.15) is 0 Å². The highest BCUT2D eigenvalue weighted by molar-refractivity contribution is 9.10. The molecule has 8 aromatic rings. The summed E-state index contributed by atoms with van der Waals surface area (Å²) in [5.74, 6) is -7.15. The number of halogens is 2. The number of phenolic OH excluding ortho intramolecular Hbond substituents is 8. The summed E-state index contributed by atoms with van der Waals surface area (Å²) in [6.45, 7) is 28.6. The summed E-state index contributed by atoms with van der Waals surface area (Å²) in [4.78, 5) is 107. The predicted molar refractivity (Wildman–Crippen MR) is 445 cm³/mol. The molecule has 42 heteroatoms. The van der Waals surface area contributed by atoms with Gasteiger partial charge in [0.25, 0.3) is 52.9 Å². The van der Waals surface area contributed by atoms with Gasteiger partial charge in [-0.05, 0) is 184 Å². The van der Waals surface area contributed by atoms with E-state index in [9.17, 15) is 102 Å². The number of amidine groups is 8. The number of hydrogen-bond acceptors (Lipinski definition) is 28. The molecule has 8 aromatic carbocycles. The van der Waals surface area contributed by atoms with Crippen molar-refractivity contribution in [3.8, 4) is 46.0 Å². The van der Waals surface area contributed by atoms with Crippen LogP contribution in [0.3, 0.4) is 0 Å². The highest BCUT2D eigenvalue weighted by Gasteiger charge is 2.21. The average molecular weight is 1740 g/mol. The van der Waals surface area contributed by atoms with Crippen LogP contribution < -0.4 is 42.5 Å². The fraction of sp³-hybridized carbons (Fsp3) is 0.154. The largest absolute Gasteiger partial charge is 0.507 e. The molecule has 0 saturated carbocycles. The Hall–Kier alpha value is -16.0. The zero-order valence-corrected chi connectivity index (χ0v) is 67.9. The smallest absolute Gasteiger partial charge is 0.270 e. The van der Waals surface area contributed by atoms with E-state index in [0.29, 0.717) is 10.0 Å². The lowest BCUT2D eigenvalue weighted by atomic mass is 10.1. The van der Waals surface area contributed by atoms with Gasteiger partial charge in [0.15, 0.2) is 15.5 Å². The van der Waals surface area contributed by atoms with Crippen LogP contribution in [0.5, 0.6) is 46.0 Å². The van der Waals surface area contributed by atoms with Crippen molar-refractivity contribution in [2.24, 2.45) is 0 Å². The van der Waals surface area contributed by atoms with Gasteiger partial charge in [0.2, 0.25) is 6.54 Å². The van der Waals surface area contributed by atoms with E-state index >= 15 is 0 Å². The number of amides is 8. The molecule has 8 amide bonds. The molecule has 0 heterocycles. The zero-order chi connectivity index (χ0) is 91.9. The van der Waals surface area contributed by atoms with Crippen LogP contribution in [0.15, 0.2) is 155 Å². The van der Waals surface area contributed by atoms with Crippen molar-refractivity contribution in [2.75, 3.05) is 6.26 Å². The summed E-state index contributed by atoms with van der Waals surface area (Å²) in [7, 11) is -3.45. The SMILES string of the molecule is CC(=N)NC(=O)c1cc(Br)ccc1O.CC(=N)NC(=O)c1cc(C)ccc1O.CC(=N)NC(=O)c1cc(C)ccc1O.CC(=N)NC(=O)c1cc(F)ccc1O.CC(=N)NC(=O)c1cc(S(C)(=O)=O)ccc1O.CC(=N)NC(=O)c1cc([N+](=O)[O-])ccc1O.[C-]#[N+]Cc1ccc(O)c(C(=O)NC(C)=N)c1.[C-]#[N+]c1ccc(O)c(C(=O)NC(C)=N)c1. The predicted octanol–water partition coefficient (Wildman–Crippen LogP) is 10.8. The van der Waals surface area contributed by atoms with E-state index in [1.54, 1.807) is 36.4 Å². The molecule has 39 nitrogen and oxygen atoms in total. The van der Waals surface area contributed by atoms with E-state index in [0.717, 1.165) is 65.9 Å². The first-order valence-electron chi connectivity index (χ1n) is 33.6. The number of benzene rings is 8. The third kappa shape index (κ3) is 37.3. The second-order valence-corrected chi connectivity index (χ2v) is 27.3. The molecule has 630 valence electrons. The molecular weight excluding hydrogens is 1650 g/mol. The number of nitrogens with zero attached hydrogens (tertiary/aromatic N) is 3. The van der Waals surface area contributed by atoms with Crippen molar-refractivity contribution in [3.05, 3.63) is 250 Å². The first-order valence-corrected chi connectivity index (χ1v) is 36.3. The summed E-state index contributed by atoms with van der Waals surface area (Å²) < 4.78 is 36.0. The van der Waals surface area contributed by atoms with Crippen molar-refractivity contribution in [1.29, 1.82) is 43.3 Å².